The zero-order valence-electron chi connectivity index (χ0n) is 14.2. The highest BCUT2D eigenvalue weighted by Crippen LogP contribution is 2.29. The summed E-state index contributed by atoms with van der Waals surface area (Å²) in [6, 6.07) is 8.20. The van der Waals surface area contributed by atoms with Gasteiger partial charge in [0.05, 0.1) is 22.0 Å². The van der Waals surface area contributed by atoms with E-state index < -0.39 is 0 Å². The van der Waals surface area contributed by atoms with Gasteiger partial charge in [-0.1, -0.05) is 36.8 Å². The number of aromatic amines is 1. The van der Waals surface area contributed by atoms with Gasteiger partial charge in [-0.3, -0.25) is 9.89 Å². The minimum atomic E-state index is 0.0844. The van der Waals surface area contributed by atoms with Crippen LogP contribution in [0.5, 0.6) is 0 Å². The minimum Gasteiger partial charge on any atom is -0.345 e. The van der Waals surface area contributed by atoms with Gasteiger partial charge in [0.25, 0.3) is 5.91 Å². The van der Waals surface area contributed by atoms with Crippen molar-refractivity contribution in [3.8, 4) is 0 Å². The number of para-hydroxylation sites is 1. The first-order valence-corrected chi connectivity index (χ1v) is 9.50. The third kappa shape index (κ3) is 3.11. The number of hydrogen-bond donors (Lipinski definition) is 1. The van der Waals surface area contributed by atoms with Crippen LogP contribution in [0.1, 0.15) is 29.4 Å². The molecule has 0 atom stereocenters. The van der Waals surface area contributed by atoms with Crippen molar-refractivity contribution in [3.63, 3.8) is 0 Å². The van der Waals surface area contributed by atoms with Gasteiger partial charge in [-0.05, 0) is 18.6 Å². The van der Waals surface area contributed by atoms with Crippen LogP contribution in [-0.2, 0) is 6.42 Å². The number of fused-ring (bicyclic) bond motifs is 1. The second-order valence-corrected chi connectivity index (χ2v) is 7.26. The molecule has 0 spiro atoms. The molecular weight excluding hydrogens is 334 g/mol. The van der Waals surface area contributed by atoms with Crippen molar-refractivity contribution in [1.29, 1.82) is 0 Å². The van der Waals surface area contributed by atoms with Crippen LogP contribution >= 0.6 is 11.3 Å². The van der Waals surface area contributed by atoms with Gasteiger partial charge in [0.2, 0.25) is 0 Å². The standard InChI is InChI=1S/C18H21N5OS/c1-2-5-14-13(12-19-21-14)17(24)22-8-10-23(11-9-22)18-20-15-6-3-4-7-16(15)25-18/h3-4,6-7,12H,2,5,8-11H2,1H3,(H,19,21). The highest BCUT2D eigenvalue weighted by atomic mass is 32.1. The zero-order chi connectivity index (χ0) is 17.2. The van der Waals surface area contributed by atoms with Crippen LogP contribution in [0.4, 0.5) is 5.13 Å². The zero-order valence-corrected chi connectivity index (χ0v) is 15.1. The van der Waals surface area contributed by atoms with E-state index >= 15 is 0 Å². The number of nitrogens with one attached hydrogen (secondary N) is 1. The number of H-pyrrole nitrogens is 1. The fourth-order valence-corrected chi connectivity index (χ4v) is 4.22. The molecular formula is C18H21N5OS. The van der Waals surface area contributed by atoms with Gasteiger partial charge in [0, 0.05) is 31.9 Å². The van der Waals surface area contributed by atoms with Crippen LogP contribution in [-0.4, -0.2) is 52.2 Å². The van der Waals surface area contributed by atoms with E-state index in [0.29, 0.717) is 13.1 Å². The van der Waals surface area contributed by atoms with E-state index in [9.17, 15) is 4.79 Å². The van der Waals surface area contributed by atoms with Gasteiger partial charge in [-0.25, -0.2) is 4.98 Å². The van der Waals surface area contributed by atoms with E-state index in [0.717, 1.165) is 47.8 Å². The second-order valence-electron chi connectivity index (χ2n) is 6.26. The number of rotatable bonds is 4. The number of thiazole rings is 1. The molecule has 3 aromatic rings. The van der Waals surface area contributed by atoms with Gasteiger partial charge in [-0.15, -0.1) is 0 Å². The number of anilines is 1. The minimum absolute atomic E-state index is 0.0844. The molecule has 25 heavy (non-hydrogen) atoms. The van der Waals surface area contributed by atoms with Gasteiger partial charge < -0.3 is 9.80 Å². The van der Waals surface area contributed by atoms with E-state index in [1.54, 1.807) is 17.5 Å². The number of carbonyl (C=O) groups is 1. The summed E-state index contributed by atoms with van der Waals surface area (Å²) >= 11 is 1.72. The van der Waals surface area contributed by atoms with Crippen LogP contribution in [0, 0.1) is 0 Å². The Hall–Kier alpha value is -2.41. The van der Waals surface area contributed by atoms with Gasteiger partial charge >= 0.3 is 0 Å². The third-order valence-corrected chi connectivity index (χ3v) is 5.67. The summed E-state index contributed by atoms with van der Waals surface area (Å²) in [6.07, 6.45) is 3.51. The van der Waals surface area contributed by atoms with Crippen molar-refractivity contribution in [1.82, 2.24) is 20.1 Å². The smallest absolute Gasteiger partial charge is 0.257 e. The van der Waals surface area contributed by atoms with Crippen LogP contribution in [0.25, 0.3) is 10.2 Å². The SMILES string of the molecule is CCCc1[nH]ncc1C(=O)N1CCN(c2nc3ccccc3s2)CC1. The molecule has 0 radical (unpaired) electrons. The Morgan fingerprint density at radius 3 is 2.80 bits per heavy atom. The average Bonchev–Trinajstić information content (AvgIpc) is 3.28. The Morgan fingerprint density at radius 2 is 2.04 bits per heavy atom. The quantitative estimate of drug-likeness (QED) is 0.781. The predicted molar refractivity (Wildman–Crippen MR) is 100 cm³/mol. The maximum Gasteiger partial charge on any atom is 0.257 e. The number of aryl methyl sites for hydroxylation is 1. The third-order valence-electron chi connectivity index (χ3n) is 4.57. The van der Waals surface area contributed by atoms with Crippen LogP contribution < -0.4 is 4.90 Å². The van der Waals surface area contributed by atoms with E-state index in [2.05, 4.69) is 28.1 Å². The summed E-state index contributed by atoms with van der Waals surface area (Å²) in [7, 11) is 0. The second kappa shape index (κ2) is 6.84. The summed E-state index contributed by atoms with van der Waals surface area (Å²) in [5.74, 6) is 0.0844. The molecule has 1 saturated heterocycles. The molecule has 1 aliphatic heterocycles. The Morgan fingerprint density at radius 1 is 1.24 bits per heavy atom. The first kappa shape index (κ1) is 16.1. The number of nitrogens with zero attached hydrogens (tertiary/aromatic N) is 4. The van der Waals surface area contributed by atoms with E-state index in [4.69, 9.17) is 4.98 Å². The average molecular weight is 355 g/mol. The molecule has 0 aliphatic carbocycles. The van der Waals surface area contributed by atoms with Crippen molar-refractivity contribution in [2.24, 2.45) is 0 Å². The Balaban J connectivity index is 1.44. The predicted octanol–water partition coefficient (Wildman–Crippen LogP) is 2.93. The van der Waals surface area contributed by atoms with E-state index in [1.165, 1.54) is 4.70 Å². The molecule has 0 saturated carbocycles. The lowest BCUT2D eigenvalue weighted by molar-refractivity contribution is 0.0745. The summed E-state index contributed by atoms with van der Waals surface area (Å²) in [5, 5.41) is 8.06. The van der Waals surface area contributed by atoms with Crippen molar-refractivity contribution < 1.29 is 4.79 Å². The number of hydrogen-bond acceptors (Lipinski definition) is 5. The van der Waals surface area contributed by atoms with Crippen LogP contribution in [0.2, 0.25) is 0 Å². The summed E-state index contributed by atoms with van der Waals surface area (Å²) in [6.45, 7) is 5.15. The molecule has 7 heteroatoms. The number of carbonyl (C=O) groups excluding carboxylic acids is 1. The first-order chi connectivity index (χ1) is 12.3. The fraction of sp³-hybridized carbons (Fsp3) is 0.389. The van der Waals surface area contributed by atoms with Gasteiger partial charge in [0.1, 0.15) is 0 Å². The van der Waals surface area contributed by atoms with Crippen molar-refractivity contribution in [2.45, 2.75) is 19.8 Å². The molecule has 4 rings (SSSR count). The molecule has 1 amide bonds. The molecule has 1 fully saturated rings. The molecule has 1 aromatic carbocycles. The highest BCUT2D eigenvalue weighted by molar-refractivity contribution is 7.22. The molecule has 6 nitrogen and oxygen atoms in total. The monoisotopic (exact) mass is 355 g/mol. The molecule has 0 bridgehead atoms. The fourth-order valence-electron chi connectivity index (χ4n) is 3.20. The van der Waals surface area contributed by atoms with E-state index in [1.807, 2.05) is 23.1 Å². The number of aromatic nitrogens is 3. The Kier molecular flexibility index (Phi) is 4.40. The van der Waals surface area contributed by atoms with Crippen molar-refractivity contribution in [3.05, 3.63) is 41.7 Å². The molecule has 3 heterocycles. The normalized spacial score (nSPS) is 15.1. The largest absolute Gasteiger partial charge is 0.345 e. The summed E-state index contributed by atoms with van der Waals surface area (Å²) < 4.78 is 1.21. The lowest BCUT2D eigenvalue weighted by Crippen LogP contribution is -2.48. The van der Waals surface area contributed by atoms with Crippen molar-refractivity contribution in [2.75, 3.05) is 31.1 Å². The first-order valence-electron chi connectivity index (χ1n) is 8.68. The van der Waals surface area contributed by atoms with Crippen LogP contribution in [0.15, 0.2) is 30.5 Å². The highest BCUT2D eigenvalue weighted by Gasteiger charge is 2.25. The van der Waals surface area contributed by atoms with Crippen molar-refractivity contribution >= 4 is 32.6 Å². The van der Waals surface area contributed by atoms with Gasteiger partial charge in [-0.2, -0.15) is 5.10 Å². The van der Waals surface area contributed by atoms with Crippen LogP contribution in [0.3, 0.4) is 0 Å². The van der Waals surface area contributed by atoms with E-state index in [-0.39, 0.29) is 5.91 Å². The molecule has 2 aromatic heterocycles. The lowest BCUT2D eigenvalue weighted by atomic mass is 10.1. The summed E-state index contributed by atoms with van der Waals surface area (Å²) in [4.78, 5) is 21.7. The maximum atomic E-state index is 12.8. The number of benzene rings is 1. The Labute approximate surface area is 150 Å². The van der Waals surface area contributed by atoms with Gasteiger partial charge in [0.15, 0.2) is 5.13 Å². The summed E-state index contributed by atoms with van der Waals surface area (Å²) in [5.41, 5.74) is 2.71. The lowest BCUT2D eigenvalue weighted by Gasteiger charge is -2.34. The Bertz CT molecular complexity index is 845. The molecule has 1 aliphatic rings. The number of amides is 1. The molecule has 1 N–H and O–H groups in total. The molecule has 0 unspecified atom stereocenters. The number of piperazine rings is 1. The maximum absolute atomic E-state index is 12.8. The topological polar surface area (TPSA) is 65.1 Å². The molecule has 130 valence electrons.